The first-order valence-corrected chi connectivity index (χ1v) is 8.69. The van der Waals surface area contributed by atoms with Crippen LogP contribution in [0.1, 0.15) is 18.1 Å². The predicted octanol–water partition coefficient (Wildman–Crippen LogP) is 1.35. The summed E-state index contributed by atoms with van der Waals surface area (Å²) >= 11 is 1.65. The summed E-state index contributed by atoms with van der Waals surface area (Å²) in [6, 6.07) is 7.04. The first-order valence-electron chi connectivity index (χ1n) is 7.30. The summed E-state index contributed by atoms with van der Waals surface area (Å²) in [5.41, 5.74) is 10.6. The largest absolute Gasteiger partial charge is 0.480 e. The molecule has 6 nitrogen and oxygen atoms in total. The Bertz CT molecular complexity index is 483. The molecule has 122 valence electrons. The van der Waals surface area contributed by atoms with Gasteiger partial charge in [0.25, 0.3) is 0 Å². The Labute approximate surface area is 135 Å². The fourth-order valence-electron chi connectivity index (χ4n) is 2.38. The molecule has 4 N–H and O–H groups in total. The Kier molecular flexibility index (Phi) is 6.50. The highest BCUT2D eigenvalue weighted by molar-refractivity contribution is 7.98. The van der Waals surface area contributed by atoms with E-state index in [0.29, 0.717) is 26.1 Å². The van der Waals surface area contributed by atoms with E-state index < -0.39 is 12.0 Å². The third-order valence-electron chi connectivity index (χ3n) is 3.62. The second-order valence-electron chi connectivity index (χ2n) is 5.27. The molecule has 2 rings (SSSR count). The number of nitrogens with one attached hydrogen (secondary N) is 1. The topological polar surface area (TPSA) is 87.8 Å². The number of morpholine rings is 1. The van der Waals surface area contributed by atoms with Crippen LogP contribution in [0.2, 0.25) is 0 Å². The molecule has 0 aliphatic carbocycles. The number of nitrogen functional groups attached to an aromatic ring is 1. The lowest BCUT2D eigenvalue weighted by atomic mass is 10.1. The lowest BCUT2D eigenvalue weighted by Gasteiger charge is -2.35. The predicted molar refractivity (Wildman–Crippen MR) is 88.7 cm³/mol. The Balaban J connectivity index is 1.94. The van der Waals surface area contributed by atoms with Crippen LogP contribution in [0.5, 0.6) is 0 Å². The van der Waals surface area contributed by atoms with Crippen LogP contribution in [0.25, 0.3) is 0 Å². The number of hydrazine groups is 1. The Morgan fingerprint density at radius 2 is 2.27 bits per heavy atom. The zero-order valence-corrected chi connectivity index (χ0v) is 13.5. The van der Waals surface area contributed by atoms with Crippen molar-refractivity contribution in [3.8, 4) is 0 Å². The Morgan fingerprint density at radius 3 is 2.91 bits per heavy atom. The molecule has 1 fully saturated rings. The summed E-state index contributed by atoms with van der Waals surface area (Å²) in [5.74, 6) is -0.0000310. The van der Waals surface area contributed by atoms with Crippen LogP contribution in [0.4, 0.5) is 5.69 Å². The maximum Gasteiger partial charge on any atom is 0.322 e. The van der Waals surface area contributed by atoms with Crippen molar-refractivity contribution in [1.29, 1.82) is 0 Å². The smallest absolute Gasteiger partial charge is 0.322 e. The van der Waals surface area contributed by atoms with Gasteiger partial charge in [-0.25, -0.2) is 10.4 Å². The zero-order valence-electron chi connectivity index (χ0n) is 12.7. The van der Waals surface area contributed by atoms with Crippen molar-refractivity contribution < 1.29 is 14.6 Å². The van der Waals surface area contributed by atoms with Gasteiger partial charge in [0, 0.05) is 18.8 Å². The van der Waals surface area contributed by atoms with E-state index in [1.807, 2.05) is 35.5 Å². The van der Waals surface area contributed by atoms with Crippen molar-refractivity contribution in [2.75, 3.05) is 37.4 Å². The minimum Gasteiger partial charge on any atom is -0.480 e. The quantitative estimate of drug-likeness (QED) is 0.652. The van der Waals surface area contributed by atoms with Crippen LogP contribution < -0.4 is 11.2 Å². The number of anilines is 1. The third-order valence-corrected chi connectivity index (χ3v) is 4.27. The fourth-order valence-corrected chi connectivity index (χ4v) is 2.85. The first kappa shape index (κ1) is 17.1. The molecule has 1 saturated heterocycles. The van der Waals surface area contributed by atoms with E-state index in [1.54, 1.807) is 11.8 Å². The lowest BCUT2D eigenvalue weighted by molar-refractivity contribution is -0.142. The average Bonchev–Trinajstić information content (AvgIpc) is 2.52. The van der Waals surface area contributed by atoms with Crippen LogP contribution in [0, 0.1) is 0 Å². The Morgan fingerprint density at radius 1 is 1.55 bits per heavy atom. The number of nitrogens with two attached hydrogens (primary N) is 1. The van der Waals surface area contributed by atoms with Gasteiger partial charge < -0.3 is 15.6 Å². The molecule has 0 spiro atoms. The molecule has 0 saturated carbocycles. The van der Waals surface area contributed by atoms with Gasteiger partial charge in [0.15, 0.2) is 0 Å². The second kappa shape index (κ2) is 8.38. The molecule has 7 heteroatoms. The zero-order chi connectivity index (χ0) is 15.9. The number of carbonyl (C=O) groups is 1. The SMILES string of the molecule is CSCCC(NN1CCOC(c2ccc(N)cc2)C1)C(=O)O. The van der Waals surface area contributed by atoms with Crippen molar-refractivity contribution in [2.45, 2.75) is 18.6 Å². The highest BCUT2D eigenvalue weighted by Gasteiger charge is 2.26. The maximum absolute atomic E-state index is 11.3. The number of benzene rings is 1. The monoisotopic (exact) mass is 325 g/mol. The van der Waals surface area contributed by atoms with Gasteiger partial charge in [-0.05, 0) is 36.1 Å². The van der Waals surface area contributed by atoms with E-state index in [1.165, 1.54) is 0 Å². The molecule has 1 aromatic rings. The third kappa shape index (κ3) is 4.88. The van der Waals surface area contributed by atoms with Crippen molar-refractivity contribution in [1.82, 2.24) is 10.4 Å². The summed E-state index contributed by atoms with van der Waals surface area (Å²) in [6.07, 6.45) is 2.50. The van der Waals surface area contributed by atoms with Crippen LogP contribution in [-0.4, -0.2) is 53.8 Å². The van der Waals surface area contributed by atoms with Crippen molar-refractivity contribution >= 4 is 23.4 Å². The van der Waals surface area contributed by atoms with Gasteiger partial charge in [-0.3, -0.25) is 4.79 Å². The molecular weight excluding hydrogens is 302 g/mol. The normalized spacial score (nSPS) is 20.7. The number of carboxylic acids is 1. The second-order valence-corrected chi connectivity index (χ2v) is 6.26. The van der Waals surface area contributed by atoms with Gasteiger partial charge in [0.2, 0.25) is 0 Å². The minimum absolute atomic E-state index is 0.0724. The molecule has 0 bridgehead atoms. The van der Waals surface area contributed by atoms with E-state index in [2.05, 4.69) is 5.43 Å². The number of thioether (sulfide) groups is 1. The van der Waals surface area contributed by atoms with E-state index in [9.17, 15) is 9.90 Å². The van der Waals surface area contributed by atoms with Crippen molar-refractivity contribution in [3.05, 3.63) is 29.8 Å². The molecule has 1 aliphatic rings. The lowest BCUT2D eigenvalue weighted by Crippen LogP contribution is -2.53. The van der Waals surface area contributed by atoms with Crippen LogP contribution in [0.3, 0.4) is 0 Å². The van der Waals surface area contributed by atoms with E-state index >= 15 is 0 Å². The molecule has 0 radical (unpaired) electrons. The molecule has 22 heavy (non-hydrogen) atoms. The van der Waals surface area contributed by atoms with E-state index in [4.69, 9.17) is 10.5 Å². The first-order chi connectivity index (χ1) is 10.6. The van der Waals surface area contributed by atoms with Gasteiger partial charge >= 0.3 is 5.97 Å². The fraction of sp³-hybridized carbons (Fsp3) is 0.533. The molecule has 1 aromatic carbocycles. The molecule has 0 amide bonds. The number of carboxylic acid groups (broad SMARTS) is 1. The maximum atomic E-state index is 11.3. The van der Waals surface area contributed by atoms with Gasteiger partial charge in [0.1, 0.15) is 6.04 Å². The van der Waals surface area contributed by atoms with Gasteiger partial charge in [-0.15, -0.1) is 0 Å². The molecule has 0 aromatic heterocycles. The minimum atomic E-state index is -0.815. The van der Waals surface area contributed by atoms with Gasteiger partial charge in [-0.2, -0.15) is 11.8 Å². The number of rotatable bonds is 7. The molecule has 1 heterocycles. The Hall–Kier alpha value is -1.28. The van der Waals surface area contributed by atoms with Crippen LogP contribution in [-0.2, 0) is 9.53 Å². The summed E-state index contributed by atoms with van der Waals surface area (Å²) in [4.78, 5) is 11.3. The average molecular weight is 325 g/mol. The van der Waals surface area contributed by atoms with E-state index in [0.717, 1.165) is 17.0 Å². The summed E-state index contributed by atoms with van der Waals surface area (Å²) in [5, 5.41) is 11.2. The molecular formula is C15H23N3O3S. The van der Waals surface area contributed by atoms with Crippen LogP contribution in [0.15, 0.2) is 24.3 Å². The number of aliphatic carboxylic acids is 1. The van der Waals surface area contributed by atoms with Crippen molar-refractivity contribution in [3.63, 3.8) is 0 Å². The highest BCUT2D eigenvalue weighted by atomic mass is 32.2. The van der Waals surface area contributed by atoms with E-state index in [-0.39, 0.29) is 6.10 Å². The number of hydrogen-bond donors (Lipinski definition) is 3. The van der Waals surface area contributed by atoms with Gasteiger partial charge in [0.05, 0.1) is 12.7 Å². The van der Waals surface area contributed by atoms with Crippen molar-refractivity contribution in [2.24, 2.45) is 0 Å². The number of hydrogen-bond acceptors (Lipinski definition) is 6. The molecule has 2 atom stereocenters. The van der Waals surface area contributed by atoms with Gasteiger partial charge in [-0.1, -0.05) is 12.1 Å². The summed E-state index contributed by atoms with van der Waals surface area (Å²) in [7, 11) is 0. The number of ether oxygens (including phenoxy) is 1. The molecule has 1 aliphatic heterocycles. The summed E-state index contributed by atoms with van der Waals surface area (Å²) in [6.45, 7) is 1.86. The standard InChI is InChI=1S/C15H23N3O3S/c1-22-9-6-13(15(19)20)17-18-7-8-21-14(10-18)11-2-4-12(16)5-3-11/h2-5,13-14,17H,6-10,16H2,1H3,(H,19,20). The number of nitrogens with zero attached hydrogens (tertiary/aromatic N) is 1. The van der Waals surface area contributed by atoms with Crippen LogP contribution >= 0.6 is 11.8 Å². The highest BCUT2D eigenvalue weighted by Crippen LogP contribution is 2.22. The summed E-state index contributed by atoms with van der Waals surface area (Å²) < 4.78 is 5.78. The molecule has 2 unspecified atom stereocenters.